The molecule has 3 heterocycles. The first-order chi connectivity index (χ1) is 23.6. The molecule has 1 aliphatic heterocycles. The third-order valence-corrected chi connectivity index (χ3v) is 10.9. The lowest BCUT2D eigenvalue weighted by atomic mass is 9.78. The quantitative estimate of drug-likeness (QED) is 0.105. The number of fused-ring (bicyclic) bond motifs is 1. The van der Waals surface area contributed by atoms with Gasteiger partial charge >= 0.3 is 19.9 Å². The van der Waals surface area contributed by atoms with Crippen molar-refractivity contribution in [1.82, 2.24) is 14.3 Å². The predicted octanol–water partition coefficient (Wildman–Crippen LogP) is 6.22. The van der Waals surface area contributed by atoms with E-state index in [1.165, 1.54) is 16.8 Å². The molecule has 1 N–H and O–H groups in total. The maximum Gasteiger partial charge on any atom is 0.497 e. The van der Waals surface area contributed by atoms with Gasteiger partial charge in [0, 0.05) is 38.9 Å². The van der Waals surface area contributed by atoms with Crippen LogP contribution in [0.1, 0.15) is 52.5 Å². The Labute approximate surface area is 293 Å². The minimum Gasteiger partial charge on any atom is -0.399 e. The lowest BCUT2D eigenvalue weighted by Crippen LogP contribution is -2.41. The second kappa shape index (κ2) is 15.8. The summed E-state index contributed by atoms with van der Waals surface area (Å²) in [6, 6.07) is 4.10. The third kappa shape index (κ3) is 10.2. The monoisotopic (exact) mass is 746 g/mol. The zero-order valence-electron chi connectivity index (χ0n) is 29.8. The highest BCUT2D eigenvalue weighted by Crippen LogP contribution is 2.37. The largest absolute Gasteiger partial charge is 0.497 e. The van der Waals surface area contributed by atoms with Crippen molar-refractivity contribution in [2.24, 2.45) is 0 Å². The number of nitrogens with zero attached hydrogens (tertiary/aromatic N) is 3. The van der Waals surface area contributed by atoms with E-state index >= 15 is 4.39 Å². The summed E-state index contributed by atoms with van der Waals surface area (Å²) in [5, 5.41) is 7.05. The van der Waals surface area contributed by atoms with Gasteiger partial charge in [0.2, 0.25) is 0 Å². The van der Waals surface area contributed by atoms with Crippen molar-refractivity contribution >= 4 is 37.1 Å². The highest BCUT2D eigenvalue weighted by molar-refractivity contribution is 6.76. The molecule has 3 aromatic rings. The summed E-state index contributed by atoms with van der Waals surface area (Å²) in [5.41, 5.74) is -5.30. The molecule has 1 fully saturated rings. The van der Waals surface area contributed by atoms with Crippen molar-refractivity contribution in [3.8, 4) is 0 Å². The fraction of sp³-hybridized carbons (Fsp3) is 0.606. The van der Waals surface area contributed by atoms with E-state index in [2.05, 4.69) is 34.8 Å². The Bertz CT molecular complexity index is 1780. The van der Waals surface area contributed by atoms with Gasteiger partial charge in [-0.05, 0) is 70.5 Å². The van der Waals surface area contributed by atoms with Crippen LogP contribution in [0.5, 0.6) is 0 Å². The predicted molar refractivity (Wildman–Crippen MR) is 185 cm³/mol. The molecular formula is C33H45BF6N4O6Si. The van der Waals surface area contributed by atoms with Crippen LogP contribution >= 0.6 is 0 Å². The van der Waals surface area contributed by atoms with E-state index in [-0.39, 0.29) is 43.3 Å². The van der Waals surface area contributed by atoms with E-state index in [0.717, 1.165) is 18.3 Å². The van der Waals surface area contributed by atoms with Crippen LogP contribution in [0, 0.1) is 5.82 Å². The Kier molecular flexibility index (Phi) is 12.6. The molecule has 2 aromatic heterocycles. The fourth-order valence-corrected chi connectivity index (χ4v) is 6.22. The molecule has 0 aliphatic carbocycles. The molecule has 1 unspecified atom stereocenters. The van der Waals surface area contributed by atoms with E-state index in [4.69, 9.17) is 14.0 Å². The smallest absolute Gasteiger partial charge is 0.399 e. The van der Waals surface area contributed by atoms with E-state index < -0.39 is 86.7 Å². The number of benzene rings is 1. The molecular weight excluding hydrogens is 701 g/mol. The van der Waals surface area contributed by atoms with Crippen molar-refractivity contribution in [3.05, 3.63) is 62.7 Å². The zero-order chi connectivity index (χ0) is 37.9. The van der Waals surface area contributed by atoms with Crippen molar-refractivity contribution in [1.29, 1.82) is 0 Å². The van der Waals surface area contributed by atoms with Gasteiger partial charge in [-0.15, -0.1) is 0 Å². The molecule has 1 atom stereocenters. The minimum atomic E-state index is -5.07. The topological polar surface area (TPSA) is 106 Å². The van der Waals surface area contributed by atoms with Crippen LogP contribution < -0.4 is 21.9 Å². The Morgan fingerprint density at radius 2 is 1.69 bits per heavy atom. The van der Waals surface area contributed by atoms with Crippen LogP contribution in [0.25, 0.3) is 10.8 Å². The van der Waals surface area contributed by atoms with Gasteiger partial charge < -0.3 is 28.7 Å². The van der Waals surface area contributed by atoms with Gasteiger partial charge in [-0.25, -0.2) is 9.07 Å². The van der Waals surface area contributed by atoms with Gasteiger partial charge in [0.15, 0.2) is 0 Å². The van der Waals surface area contributed by atoms with Crippen molar-refractivity contribution in [3.63, 3.8) is 0 Å². The fourth-order valence-electron chi connectivity index (χ4n) is 5.46. The molecule has 0 bridgehead atoms. The summed E-state index contributed by atoms with van der Waals surface area (Å²) in [4.78, 5) is 26.2. The molecule has 282 valence electrons. The summed E-state index contributed by atoms with van der Waals surface area (Å²) < 4.78 is 107. The minimum absolute atomic E-state index is 0.0734. The van der Waals surface area contributed by atoms with Crippen LogP contribution in [0.2, 0.25) is 25.7 Å². The lowest BCUT2D eigenvalue weighted by Gasteiger charge is -2.32. The van der Waals surface area contributed by atoms with Crippen LogP contribution in [0.15, 0.2) is 40.2 Å². The number of ether oxygens (including phenoxy) is 2. The Hall–Kier alpha value is -3.19. The van der Waals surface area contributed by atoms with Crippen molar-refractivity contribution in [2.45, 2.75) is 116 Å². The number of aryl methyl sites for hydroxylation is 1. The maximum absolute atomic E-state index is 15.3. The number of nitrogens with one attached hydrogen (secondary N) is 1. The van der Waals surface area contributed by atoms with Gasteiger partial charge in [0.25, 0.3) is 11.1 Å². The van der Waals surface area contributed by atoms with Crippen LogP contribution in [-0.4, -0.2) is 66.6 Å². The number of hydrogen-bond donors (Lipinski definition) is 1. The number of hydrogen-bond acceptors (Lipinski definition) is 8. The molecule has 18 heteroatoms. The summed E-state index contributed by atoms with van der Waals surface area (Å²) >= 11 is 0. The molecule has 0 saturated carbocycles. The molecule has 1 aromatic carbocycles. The summed E-state index contributed by atoms with van der Waals surface area (Å²) in [6.07, 6.45) is -2.56. The molecule has 0 spiro atoms. The number of rotatable bonds is 16. The number of aromatic nitrogens is 3. The SMILES string of the molecule is CC1(C)OB(c2cc3ccn(CCCC(CCOC(F)F)Nc4cnn(COCC[Si](C)(C)C)c(=O)c4C(F)(F)F)c(=O)c3cc2F)OC1(C)C. The number of anilines is 1. The highest BCUT2D eigenvalue weighted by atomic mass is 28.3. The standard InChI is InChI=1S/C33H45BF6N4O6Si/c1-31(2)32(3,4)50-34(49-31)24-17-21-10-13-43(28(45)23(21)18-25(24)35)12-8-9-22(11-14-48-30(36)37)42-26-19-41-44(20-47-15-16-51(5,6)7)29(46)27(26)33(38,39)40/h10,13,17-19,22,30,42H,8-9,11-12,14-16,20H2,1-7H3. The first-order valence-electron chi connectivity index (χ1n) is 16.7. The Balaban J connectivity index is 1.50. The highest BCUT2D eigenvalue weighted by Gasteiger charge is 2.52. The number of pyridine rings is 1. The molecule has 0 amide bonds. The summed E-state index contributed by atoms with van der Waals surface area (Å²) in [7, 11) is -2.46. The second-order valence-electron chi connectivity index (χ2n) is 14.9. The van der Waals surface area contributed by atoms with Gasteiger partial charge in [0.1, 0.15) is 18.1 Å². The van der Waals surface area contributed by atoms with Crippen LogP contribution in [0.3, 0.4) is 0 Å². The average molecular weight is 747 g/mol. The van der Waals surface area contributed by atoms with E-state index in [1.807, 2.05) is 27.7 Å². The summed E-state index contributed by atoms with van der Waals surface area (Å²) in [5.74, 6) is -0.687. The van der Waals surface area contributed by atoms with E-state index in [0.29, 0.717) is 10.1 Å². The van der Waals surface area contributed by atoms with Gasteiger partial charge in [0.05, 0.1) is 35.1 Å². The van der Waals surface area contributed by atoms with E-state index in [1.54, 1.807) is 6.07 Å². The second-order valence-corrected chi connectivity index (χ2v) is 20.5. The zero-order valence-corrected chi connectivity index (χ0v) is 30.8. The summed E-state index contributed by atoms with van der Waals surface area (Å²) in [6.45, 7) is 9.94. The maximum atomic E-state index is 15.3. The molecule has 1 saturated heterocycles. The van der Waals surface area contributed by atoms with Crippen LogP contribution in [-0.2, 0) is 38.2 Å². The van der Waals surface area contributed by atoms with Gasteiger partial charge in [-0.2, -0.15) is 27.1 Å². The number of halogens is 6. The number of alkyl halides is 5. The van der Waals surface area contributed by atoms with Crippen LogP contribution in [0.4, 0.5) is 32.0 Å². The molecule has 4 rings (SSSR count). The molecule has 10 nitrogen and oxygen atoms in total. The molecule has 0 radical (unpaired) electrons. The first-order valence-corrected chi connectivity index (χ1v) is 20.4. The van der Waals surface area contributed by atoms with Gasteiger partial charge in [-0.1, -0.05) is 25.7 Å². The molecule has 51 heavy (non-hydrogen) atoms. The van der Waals surface area contributed by atoms with E-state index in [9.17, 15) is 31.5 Å². The Morgan fingerprint density at radius 1 is 1.02 bits per heavy atom. The Morgan fingerprint density at radius 3 is 2.29 bits per heavy atom. The normalized spacial score (nSPS) is 16.7. The van der Waals surface area contributed by atoms with Gasteiger partial charge in [-0.3, -0.25) is 9.59 Å². The average Bonchev–Trinajstić information content (AvgIpc) is 3.21. The third-order valence-electron chi connectivity index (χ3n) is 9.16. The van der Waals surface area contributed by atoms with Crippen molar-refractivity contribution < 1.29 is 45.1 Å². The first kappa shape index (κ1) is 40.6. The molecule has 1 aliphatic rings. The van der Waals surface area contributed by atoms with Crippen molar-refractivity contribution in [2.75, 3.05) is 18.5 Å². The lowest BCUT2D eigenvalue weighted by molar-refractivity contribution is -0.138.